The zero-order chi connectivity index (χ0) is 20.1. The Bertz CT molecular complexity index is 924. The first-order valence-corrected chi connectivity index (χ1v) is 10.4. The van der Waals surface area contributed by atoms with Crippen LogP contribution in [0.5, 0.6) is 0 Å². The number of benzene rings is 1. The van der Waals surface area contributed by atoms with Gasteiger partial charge in [-0.15, -0.1) is 0 Å². The van der Waals surface area contributed by atoms with E-state index in [0.29, 0.717) is 12.4 Å². The number of anilines is 1. The summed E-state index contributed by atoms with van der Waals surface area (Å²) >= 11 is 0. The van der Waals surface area contributed by atoms with Crippen molar-refractivity contribution in [3.63, 3.8) is 0 Å². The molecule has 0 saturated carbocycles. The lowest BCUT2D eigenvalue weighted by atomic mass is 10.0. The van der Waals surface area contributed by atoms with Crippen LogP contribution in [-0.2, 0) is 13.0 Å². The average Bonchev–Trinajstić information content (AvgIpc) is 3.07. The van der Waals surface area contributed by atoms with Crippen molar-refractivity contribution in [1.82, 2.24) is 15.6 Å². The summed E-state index contributed by atoms with van der Waals surface area (Å²) in [5.74, 6) is 1.44. The Morgan fingerprint density at radius 1 is 1.07 bits per heavy atom. The number of nitrogen functional groups attached to an aromatic ring is 1. The number of unbranched alkanes of at least 4 members (excludes halogenated alkanes) is 2. The fourth-order valence-corrected chi connectivity index (χ4v) is 3.47. The standard InChI is InChI=1S/C23H34N4O/c1-5-25-15-17-14-19-21(28-17)18-11-10-16(13-20(18)27-22(19)24)9-7-6-8-12-26-23(2,3)4/h10-11,13-14,25-26H,5-9,12,15H2,1-4H3,(H2,24,27). The summed E-state index contributed by atoms with van der Waals surface area (Å²) in [6.07, 6.45) is 4.68. The zero-order valence-electron chi connectivity index (χ0n) is 17.7. The van der Waals surface area contributed by atoms with Crippen LogP contribution in [0.3, 0.4) is 0 Å². The van der Waals surface area contributed by atoms with E-state index in [0.717, 1.165) is 47.1 Å². The van der Waals surface area contributed by atoms with Crippen molar-refractivity contribution in [3.05, 3.63) is 35.6 Å². The summed E-state index contributed by atoms with van der Waals surface area (Å²) in [6, 6.07) is 8.48. The van der Waals surface area contributed by atoms with Gasteiger partial charge in [0.15, 0.2) is 0 Å². The third kappa shape index (κ3) is 5.24. The number of nitrogens with two attached hydrogens (primary N) is 1. The second-order valence-corrected chi connectivity index (χ2v) is 8.57. The van der Waals surface area contributed by atoms with E-state index in [9.17, 15) is 0 Å². The third-order valence-electron chi connectivity index (χ3n) is 4.95. The molecule has 5 nitrogen and oxygen atoms in total. The molecule has 0 aliphatic rings. The molecular formula is C23H34N4O. The summed E-state index contributed by atoms with van der Waals surface area (Å²) in [5, 5.41) is 8.77. The molecule has 4 N–H and O–H groups in total. The largest absolute Gasteiger partial charge is 0.459 e. The summed E-state index contributed by atoms with van der Waals surface area (Å²) in [7, 11) is 0. The van der Waals surface area contributed by atoms with Crippen molar-refractivity contribution in [1.29, 1.82) is 0 Å². The van der Waals surface area contributed by atoms with E-state index in [1.165, 1.54) is 24.8 Å². The number of nitrogens with one attached hydrogen (secondary N) is 2. The average molecular weight is 383 g/mol. The van der Waals surface area contributed by atoms with Gasteiger partial charge in [0.25, 0.3) is 0 Å². The lowest BCUT2D eigenvalue weighted by Gasteiger charge is -2.20. The topological polar surface area (TPSA) is 76.1 Å². The molecule has 3 rings (SSSR count). The number of hydrogen-bond acceptors (Lipinski definition) is 5. The first-order valence-electron chi connectivity index (χ1n) is 10.4. The van der Waals surface area contributed by atoms with E-state index in [1.807, 2.05) is 6.07 Å². The quantitative estimate of drug-likeness (QED) is 0.465. The lowest BCUT2D eigenvalue weighted by Crippen LogP contribution is -2.36. The number of furan rings is 1. The smallest absolute Gasteiger partial charge is 0.147 e. The molecule has 0 bridgehead atoms. The highest BCUT2D eigenvalue weighted by Crippen LogP contribution is 2.31. The zero-order valence-corrected chi connectivity index (χ0v) is 17.7. The van der Waals surface area contributed by atoms with Gasteiger partial charge in [-0.3, -0.25) is 0 Å². The maximum atomic E-state index is 6.21. The minimum absolute atomic E-state index is 0.202. The molecule has 0 fully saturated rings. The number of fused-ring (bicyclic) bond motifs is 3. The maximum Gasteiger partial charge on any atom is 0.147 e. The Morgan fingerprint density at radius 2 is 1.89 bits per heavy atom. The van der Waals surface area contributed by atoms with Gasteiger partial charge in [0.1, 0.15) is 17.2 Å². The number of aromatic nitrogens is 1. The van der Waals surface area contributed by atoms with Crippen LogP contribution in [0.25, 0.3) is 21.9 Å². The highest BCUT2D eigenvalue weighted by molar-refractivity contribution is 6.06. The van der Waals surface area contributed by atoms with Crippen LogP contribution in [0.15, 0.2) is 28.7 Å². The van der Waals surface area contributed by atoms with E-state index in [2.05, 4.69) is 61.5 Å². The lowest BCUT2D eigenvalue weighted by molar-refractivity contribution is 0.417. The van der Waals surface area contributed by atoms with Crippen molar-refractivity contribution in [2.24, 2.45) is 0 Å². The molecule has 5 heteroatoms. The SMILES string of the molecule is CCNCc1cc2c(N)nc3cc(CCCCCNC(C)(C)C)ccc3c2o1. The van der Waals surface area contributed by atoms with Crippen molar-refractivity contribution < 1.29 is 4.42 Å². The van der Waals surface area contributed by atoms with Gasteiger partial charge >= 0.3 is 0 Å². The second-order valence-electron chi connectivity index (χ2n) is 8.57. The van der Waals surface area contributed by atoms with Crippen LogP contribution in [0.4, 0.5) is 5.82 Å². The van der Waals surface area contributed by atoms with E-state index in [4.69, 9.17) is 10.2 Å². The molecule has 2 aromatic heterocycles. The van der Waals surface area contributed by atoms with Gasteiger partial charge in [-0.05, 0) is 76.9 Å². The van der Waals surface area contributed by atoms with Crippen LogP contribution in [0, 0.1) is 0 Å². The number of hydrogen-bond donors (Lipinski definition) is 3. The Balaban J connectivity index is 1.67. The van der Waals surface area contributed by atoms with Crippen LogP contribution in [0.2, 0.25) is 0 Å². The monoisotopic (exact) mass is 382 g/mol. The van der Waals surface area contributed by atoms with Crippen LogP contribution >= 0.6 is 0 Å². The van der Waals surface area contributed by atoms with Gasteiger partial charge in [-0.25, -0.2) is 4.98 Å². The van der Waals surface area contributed by atoms with Crippen LogP contribution in [0.1, 0.15) is 58.3 Å². The maximum absolute atomic E-state index is 6.21. The molecule has 152 valence electrons. The molecule has 0 spiro atoms. The van der Waals surface area contributed by atoms with Crippen LogP contribution < -0.4 is 16.4 Å². The Morgan fingerprint density at radius 3 is 2.64 bits per heavy atom. The van der Waals surface area contributed by atoms with Crippen molar-refractivity contribution in [3.8, 4) is 0 Å². The van der Waals surface area contributed by atoms with Gasteiger partial charge in [0, 0.05) is 10.9 Å². The molecule has 0 aliphatic heterocycles. The molecule has 2 heterocycles. The number of pyridine rings is 1. The fraction of sp³-hybridized carbons (Fsp3) is 0.522. The number of nitrogens with zero attached hydrogens (tertiary/aromatic N) is 1. The first kappa shape index (κ1) is 20.6. The summed E-state index contributed by atoms with van der Waals surface area (Å²) in [6.45, 7) is 11.4. The van der Waals surface area contributed by atoms with Gasteiger partial charge in [0.2, 0.25) is 0 Å². The van der Waals surface area contributed by atoms with E-state index in [1.54, 1.807) is 0 Å². The van der Waals surface area contributed by atoms with Crippen molar-refractivity contribution >= 4 is 27.7 Å². The number of aryl methyl sites for hydroxylation is 1. The van der Waals surface area contributed by atoms with E-state index >= 15 is 0 Å². The second kappa shape index (κ2) is 8.93. The molecule has 3 aromatic rings. The predicted molar refractivity (Wildman–Crippen MR) is 119 cm³/mol. The highest BCUT2D eigenvalue weighted by atomic mass is 16.3. The fourth-order valence-electron chi connectivity index (χ4n) is 3.47. The van der Waals surface area contributed by atoms with Crippen molar-refractivity contribution in [2.75, 3.05) is 18.8 Å². The summed E-state index contributed by atoms with van der Waals surface area (Å²) < 4.78 is 6.07. The Labute approximate surface area is 168 Å². The minimum Gasteiger partial charge on any atom is -0.459 e. The summed E-state index contributed by atoms with van der Waals surface area (Å²) in [4.78, 5) is 4.63. The molecule has 0 saturated heterocycles. The molecule has 28 heavy (non-hydrogen) atoms. The molecule has 0 atom stereocenters. The molecule has 0 unspecified atom stereocenters. The van der Waals surface area contributed by atoms with Gasteiger partial charge < -0.3 is 20.8 Å². The number of rotatable bonds is 9. The van der Waals surface area contributed by atoms with Gasteiger partial charge in [0.05, 0.1) is 17.4 Å². The molecule has 1 aromatic carbocycles. The van der Waals surface area contributed by atoms with Gasteiger partial charge in [-0.2, -0.15) is 0 Å². The molecule has 0 aliphatic carbocycles. The first-order chi connectivity index (χ1) is 13.4. The van der Waals surface area contributed by atoms with E-state index < -0.39 is 0 Å². The van der Waals surface area contributed by atoms with E-state index in [-0.39, 0.29) is 5.54 Å². The normalized spacial score (nSPS) is 12.3. The Kier molecular flexibility index (Phi) is 6.57. The Hall–Kier alpha value is -2.11. The minimum atomic E-state index is 0.202. The summed E-state index contributed by atoms with van der Waals surface area (Å²) in [5.41, 5.74) is 9.48. The van der Waals surface area contributed by atoms with Crippen molar-refractivity contribution in [2.45, 2.75) is 65.5 Å². The third-order valence-corrected chi connectivity index (χ3v) is 4.95. The highest BCUT2D eigenvalue weighted by Gasteiger charge is 2.13. The molecule has 0 amide bonds. The predicted octanol–water partition coefficient (Wildman–Crippen LogP) is 4.77. The molecule has 0 radical (unpaired) electrons. The molecular weight excluding hydrogens is 348 g/mol. The van der Waals surface area contributed by atoms with Gasteiger partial charge in [-0.1, -0.05) is 19.4 Å². The van der Waals surface area contributed by atoms with Crippen LogP contribution in [-0.4, -0.2) is 23.6 Å².